The van der Waals surface area contributed by atoms with Crippen LogP contribution in [0.4, 0.5) is 4.79 Å². The van der Waals surface area contributed by atoms with Gasteiger partial charge in [0.05, 0.1) is 6.61 Å². The van der Waals surface area contributed by atoms with E-state index in [9.17, 15) is 4.79 Å². The fourth-order valence-corrected chi connectivity index (χ4v) is 3.60. The number of pyridine rings is 1. The highest BCUT2D eigenvalue weighted by Gasteiger charge is 2.22. The van der Waals surface area contributed by atoms with Crippen molar-refractivity contribution in [1.82, 2.24) is 15.2 Å². The zero-order chi connectivity index (χ0) is 16.1. The minimum absolute atomic E-state index is 0.0246. The Morgan fingerprint density at radius 2 is 2.39 bits per heavy atom. The van der Waals surface area contributed by atoms with Crippen molar-refractivity contribution in [2.75, 3.05) is 31.2 Å². The molecule has 23 heavy (non-hydrogen) atoms. The molecule has 0 aromatic carbocycles. The lowest BCUT2D eigenvalue weighted by molar-refractivity contribution is 0.195. The quantitative estimate of drug-likeness (QED) is 0.899. The van der Waals surface area contributed by atoms with Crippen LogP contribution in [0.2, 0.25) is 0 Å². The van der Waals surface area contributed by atoms with E-state index in [1.54, 1.807) is 6.20 Å². The van der Waals surface area contributed by atoms with Gasteiger partial charge in [-0.05, 0) is 42.1 Å². The Morgan fingerprint density at radius 1 is 1.52 bits per heavy atom. The normalized spacial score (nSPS) is 21.6. The van der Waals surface area contributed by atoms with Crippen molar-refractivity contribution in [3.63, 3.8) is 0 Å². The number of nitrogens with one attached hydrogen (secondary N) is 1. The third-order valence-electron chi connectivity index (χ3n) is 4.13. The highest BCUT2D eigenvalue weighted by atomic mass is 32.2. The van der Waals surface area contributed by atoms with Crippen molar-refractivity contribution in [2.24, 2.45) is 11.8 Å². The van der Waals surface area contributed by atoms with Crippen LogP contribution in [-0.2, 0) is 6.54 Å². The van der Waals surface area contributed by atoms with Gasteiger partial charge < -0.3 is 15.0 Å². The number of rotatable bonds is 5. The lowest BCUT2D eigenvalue weighted by Crippen LogP contribution is -2.42. The molecular weight excluding hydrogens is 310 g/mol. The highest BCUT2D eigenvalue weighted by molar-refractivity contribution is 7.99. The summed E-state index contributed by atoms with van der Waals surface area (Å²) >= 11 is 1.93. The maximum atomic E-state index is 12.3. The fraction of sp³-hybridized carbons (Fsp3) is 0.647. The van der Waals surface area contributed by atoms with E-state index in [1.165, 1.54) is 12.8 Å². The number of amides is 2. The topological polar surface area (TPSA) is 54.5 Å². The molecule has 1 aliphatic carbocycles. The average Bonchev–Trinajstić information content (AvgIpc) is 3.39. The van der Waals surface area contributed by atoms with Gasteiger partial charge in [-0.1, -0.05) is 6.92 Å². The Labute approximate surface area is 142 Å². The summed E-state index contributed by atoms with van der Waals surface area (Å²) in [7, 11) is 0. The molecule has 1 aromatic rings. The van der Waals surface area contributed by atoms with Crippen molar-refractivity contribution >= 4 is 17.8 Å². The van der Waals surface area contributed by atoms with E-state index in [1.807, 2.05) is 28.8 Å². The van der Waals surface area contributed by atoms with E-state index >= 15 is 0 Å². The molecule has 0 radical (unpaired) electrons. The minimum atomic E-state index is 0.0246. The van der Waals surface area contributed by atoms with Gasteiger partial charge in [0.1, 0.15) is 0 Å². The van der Waals surface area contributed by atoms with Crippen LogP contribution in [0.3, 0.4) is 0 Å². The molecule has 5 nitrogen and oxygen atoms in total. The van der Waals surface area contributed by atoms with Crippen molar-refractivity contribution in [3.8, 4) is 5.88 Å². The Bertz CT molecular complexity index is 536. The van der Waals surface area contributed by atoms with E-state index in [0.29, 0.717) is 24.3 Å². The van der Waals surface area contributed by atoms with Crippen LogP contribution in [0.15, 0.2) is 18.3 Å². The fourth-order valence-electron chi connectivity index (χ4n) is 2.58. The van der Waals surface area contributed by atoms with Crippen LogP contribution in [0, 0.1) is 11.8 Å². The molecule has 3 rings (SSSR count). The van der Waals surface area contributed by atoms with Gasteiger partial charge in [-0.15, -0.1) is 0 Å². The summed E-state index contributed by atoms with van der Waals surface area (Å²) in [5, 5.41) is 3.02. The number of hydrogen-bond acceptors (Lipinski definition) is 4. The standard InChI is InChI=1S/C17H25N3O2S/c1-13-10-20(6-7-23-12-13)17(21)19-9-15-4-5-18-16(8-15)22-11-14-2-3-14/h4-5,8,13-14H,2-3,6-7,9-12H2,1H3,(H,19,21)/t13-/m1/s1. The molecular formula is C17H25N3O2S. The molecule has 2 heterocycles. The third kappa shape index (κ3) is 5.30. The van der Waals surface area contributed by atoms with E-state index in [0.717, 1.165) is 36.8 Å². The van der Waals surface area contributed by atoms with Gasteiger partial charge in [-0.3, -0.25) is 0 Å². The number of carbonyl (C=O) groups is 1. The average molecular weight is 335 g/mol. The van der Waals surface area contributed by atoms with Gasteiger partial charge in [-0.25, -0.2) is 9.78 Å². The number of ether oxygens (including phenoxy) is 1. The Kier molecular flexibility index (Phi) is 5.65. The molecule has 0 unspecified atom stereocenters. The van der Waals surface area contributed by atoms with Crippen molar-refractivity contribution in [1.29, 1.82) is 0 Å². The lowest BCUT2D eigenvalue weighted by atomic mass is 10.2. The smallest absolute Gasteiger partial charge is 0.317 e. The molecule has 1 atom stereocenters. The molecule has 126 valence electrons. The van der Waals surface area contributed by atoms with Crippen LogP contribution in [0.5, 0.6) is 5.88 Å². The monoisotopic (exact) mass is 335 g/mol. The number of nitrogens with zero attached hydrogens (tertiary/aromatic N) is 2. The first-order chi connectivity index (χ1) is 11.2. The zero-order valence-electron chi connectivity index (χ0n) is 13.7. The number of urea groups is 1. The summed E-state index contributed by atoms with van der Waals surface area (Å²) in [5.74, 6) is 4.07. The second kappa shape index (κ2) is 7.90. The maximum absolute atomic E-state index is 12.3. The van der Waals surface area contributed by atoms with Gasteiger partial charge >= 0.3 is 6.03 Å². The van der Waals surface area contributed by atoms with Gasteiger partial charge in [0.2, 0.25) is 5.88 Å². The second-order valence-corrected chi connectivity index (χ2v) is 7.69. The highest BCUT2D eigenvalue weighted by Crippen LogP contribution is 2.29. The molecule has 2 aliphatic rings. The summed E-state index contributed by atoms with van der Waals surface area (Å²) in [6.45, 7) is 5.13. The van der Waals surface area contributed by atoms with E-state index < -0.39 is 0 Å². The second-order valence-electron chi connectivity index (χ2n) is 6.54. The molecule has 2 amide bonds. The number of carbonyl (C=O) groups excluding carboxylic acids is 1. The molecule has 0 bridgehead atoms. The largest absolute Gasteiger partial charge is 0.477 e. The summed E-state index contributed by atoms with van der Waals surface area (Å²) in [5.41, 5.74) is 1.02. The first kappa shape index (κ1) is 16.4. The summed E-state index contributed by atoms with van der Waals surface area (Å²) in [6, 6.07) is 3.87. The Morgan fingerprint density at radius 3 is 3.22 bits per heavy atom. The molecule has 0 spiro atoms. The predicted octanol–water partition coefficient (Wildman–Crippen LogP) is 2.76. The zero-order valence-corrected chi connectivity index (χ0v) is 14.5. The molecule has 1 N–H and O–H groups in total. The number of thioether (sulfide) groups is 1. The van der Waals surface area contributed by atoms with Crippen molar-refractivity contribution in [2.45, 2.75) is 26.3 Å². The van der Waals surface area contributed by atoms with Crippen LogP contribution < -0.4 is 10.1 Å². The molecule has 1 aromatic heterocycles. The lowest BCUT2D eigenvalue weighted by Gasteiger charge is -2.22. The predicted molar refractivity (Wildman–Crippen MR) is 92.8 cm³/mol. The first-order valence-corrected chi connectivity index (χ1v) is 9.54. The molecule has 1 saturated heterocycles. The first-order valence-electron chi connectivity index (χ1n) is 8.39. The van der Waals surface area contributed by atoms with Crippen molar-refractivity contribution < 1.29 is 9.53 Å². The molecule has 1 saturated carbocycles. The van der Waals surface area contributed by atoms with Gasteiger partial charge in [0.15, 0.2) is 0 Å². The third-order valence-corrected chi connectivity index (χ3v) is 5.41. The summed E-state index contributed by atoms with van der Waals surface area (Å²) < 4.78 is 5.69. The summed E-state index contributed by atoms with van der Waals surface area (Å²) in [6.07, 6.45) is 4.28. The van der Waals surface area contributed by atoms with Crippen LogP contribution in [-0.4, -0.2) is 47.1 Å². The number of aromatic nitrogens is 1. The van der Waals surface area contributed by atoms with E-state index in [-0.39, 0.29) is 6.03 Å². The SMILES string of the molecule is C[C@H]1CSCCN(C(=O)NCc2ccnc(OCC3CC3)c2)C1. The van der Waals surface area contributed by atoms with Crippen molar-refractivity contribution in [3.05, 3.63) is 23.9 Å². The van der Waals surface area contributed by atoms with Crippen LogP contribution in [0.25, 0.3) is 0 Å². The van der Waals surface area contributed by atoms with E-state index in [2.05, 4.69) is 17.2 Å². The van der Waals surface area contributed by atoms with Crippen LogP contribution in [0.1, 0.15) is 25.3 Å². The molecule has 2 fully saturated rings. The van der Waals surface area contributed by atoms with E-state index in [4.69, 9.17) is 4.74 Å². The number of hydrogen-bond donors (Lipinski definition) is 1. The van der Waals surface area contributed by atoms with Gasteiger partial charge in [0, 0.05) is 37.7 Å². The maximum Gasteiger partial charge on any atom is 0.317 e. The minimum Gasteiger partial charge on any atom is -0.477 e. The Hall–Kier alpha value is -1.43. The summed E-state index contributed by atoms with van der Waals surface area (Å²) in [4.78, 5) is 18.5. The molecule has 6 heteroatoms. The molecule has 1 aliphatic heterocycles. The van der Waals surface area contributed by atoms with Gasteiger partial charge in [0.25, 0.3) is 0 Å². The Balaban J connectivity index is 1.48. The van der Waals surface area contributed by atoms with Crippen LogP contribution >= 0.6 is 11.8 Å². The van der Waals surface area contributed by atoms with Gasteiger partial charge in [-0.2, -0.15) is 11.8 Å².